The summed E-state index contributed by atoms with van der Waals surface area (Å²) in [6.07, 6.45) is 1.90. The van der Waals surface area contributed by atoms with Crippen LogP contribution in [0.4, 0.5) is 0 Å². The van der Waals surface area contributed by atoms with E-state index in [1.165, 1.54) is 11.1 Å². The van der Waals surface area contributed by atoms with E-state index in [1.807, 2.05) is 30.5 Å². The number of fused-ring (bicyclic) bond motifs is 1. The molecule has 0 aliphatic heterocycles. The maximum atomic E-state index is 6.33. The summed E-state index contributed by atoms with van der Waals surface area (Å²) in [6, 6.07) is 31.5. The van der Waals surface area contributed by atoms with Gasteiger partial charge in [0.1, 0.15) is 11.3 Å². The quantitative estimate of drug-likeness (QED) is 0.312. The van der Waals surface area contributed by atoms with E-state index >= 15 is 0 Å². The zero-order chi connectivity index (χ0) is 20.5. The Bertz CT molecular complexity index is 1300. The van der Waals surface area contributed by atoms with Crippen molar-refractivity contribution in [2.45, 2.75) is 19.8 Å². The Labute approximate surface area is 176 Å². The second-order valence-corrected chi connectivity index (χ2v) is 7.91. The molecule has 2 heteroatoms. The van der Waals surface area contributed by atoms with Gasteiger partial charge in [-0.3, -0.25) is 4.98 Å². The van der Waals surface area contributed by atoms with Crippen molar-refractivity contribution in [2.24, 2.45) is 0 Å². The number of pyridine rings is 1. The maximum absolute atomic E-state index is 6.33. The van der Waals surface area contributed by atoms with Gasteiger partial charge in [-0.2, -0.15) is 0 Å². The summed E-state index contributed by atoms with van der Waals surface area (Å²) < 4.78 is 6.33. The number of aromatic nitrogens is 1. The molecule has 3 aromatic carbocycles. The van der Waals surface area contributed by atoms with Gasteiger partial charge < -0.3 is 4.42 Å². The van der Waals surface area contributed by atoms with Crippen LogP contribution in [0, 0.1) is 0 Å². The van der Waals surface area contributed by atoms with Crippen LogP contribution >= 0.6 is 0 Å². The Balaban J connectivity index is 1.74. The van der Waals surface area contributed by atoms with Crippen molar-refractivity contribution in [3.05, 3.63) is 103 Å². The van der Waals surface area contributed by atoms with Gasteiger partial charge in [-0.15, -0.1) is 0 Å². The second kappa shape index (κ2) is 7.64. The highest BCUT2D eigenvalue weighted by Gasteiger charge is 2.15. The summed E-state index contributed by atoms with van der Waals surface area (Å²) in [5.74, 6) is 1.33. The molecule has 30 heavy (non-hydrogen) atoms. The molecule has 2 aromatic heterocycles. The molecule has 0 saturated carbocycles. The van der Waals surface area contributed by atoms with Gasteiger partial charge in [0.15, 0.2) is 0 Å². The summed E-state index contributed by atoms with van der Waals surface area (Å²) in [7, 11) is 0. The molecular formula is C28H23NO. The van der Waals surface area contributed by atoms with Gasteiger partial charge in [0, 0.05) is 22.7 Å². The van der Waals surface area contributed by atoms with Crippen LogP contribution in [0.15, 0.2) is 102 Å². The van der Waals surface area contributed by atoms with Crippen LogP contribution in [0.1, 0.15) is 25.3 Å². The van der Waals surface area contributed by atoms with Gasteiger partial charge in [-0.1, -0.05) is 74.5 Å². The van der Waals surface area contributed by atoms with Gasteiger partial charge in [0.25, 0.3) is 0 Å². The molecule has 146 valence electrons. The van der Waals surface area contributed by atoms with Crippen LogP contribution in [0.25, 0.3) is 44.7 Å². The fourth-order valence-corrected chi connectivity index (χ4v) is 3.85. The van der Waals surface area contributed by atoms with Gasteiger partial charge >= 0.3 is 0 Å². The van der Waals surface area contributed by atoms with Gasteiger partial charge in [0.2, 0.25) is 0 Å². The Morgan fingerprint density at radius 1 is 0.700 bits per heavy atom. The fourth-order valence-electron chi connectivity index (χ4n) is 3.85. The molecule has 5 rings (SSSR count). The zero-order valence-electron chi connectivity index (χ0n) is 17.2. The normalized spacial score (nSPS) is 11.3. The molecule has 0 saturated heterocycles. The summed E-state index contributed by atoms with van der Waals surface area (Å²) in [6.45, 7) is 4.41. The molecule has 0 radical (unpaired) electrons. The third-order valence-electron chi connectivity index (χ3n) is 5.53. The van der Waals surface area contributed by atoms with Crippen LogP contribution < -0.4 is 0 Å². The number of rotatable bonds is 4. The molecule has 0 aliphatic carbocycles. The number of hydrogen-bond donors (Lipinski definition) is 0. The first-order valence-electron chi connectivity index (χ1n) is 10.3. The first kappa shape index (κ1) is 18.4. The molecule has 0 unspecified atom stereocenters. The molecule has 0 amide bonds. The van der Waals surface area contributed by atoms with E-state index in [0.717, 1.165) is 39.1 Å². The van der Waals surface area contributed by atoms with E-state index in [1.54, 1.807) is 0 Å². The van der Waals surface area contributed by atoms with Crippen molar-refractivity contribution in [2.75, 3.05) is 0 Å². The number of benzene rings is 3. The molecule has 0 aliphatic rings. The average molecular weight is 389 g/mol. The van der Waals surface area contributed by atoms with Crippen molar-refractivity contribution in [1.82, 2.24) is 4.98 Å². The minimum absolute atomic E-state index is 0.456. The lowest BCUT2D eigenvalue weighted by atomic mass is 9.96. The van der Waals surface area contributed by atoms with Crippen LogP contribution in [-0.2, 0) is 0 Å². The lowest BCUT2D eigenvalue weighted by molar-refractivity contribution is 0.632. The van der Waals surface area contributed by atoms with Crippen molar-refractivity contribution < 1.29 is 4.42 Å². The SMILES string of the molecule is CC(C)c1ccnc(-c2cc(-c3ccccc3)c3cc(-c4ccccc4)oc3c2)c1. The van der Waals surface area contributed by atoms with Crippen LogP contribution in [0.3, 0.4) is 0 Å². The van der Waals surface area contributed by atoms with E-state index in [-0.39, 0.29) is 0 Å². The van der Waals surface area contributed by atoms with Crippen LogP contribution in [0.2, 0.25) is 0 Å². The van der Waals surface area contributed by atoms with Crippen molar-refractivity contribution in [3.63, 3.8) is 0 Å². The van der Waals surface area contributed by atoms with E-state index in [0.29, 0.717) is 5.92 Å². The number of hydrogen-bond acceptors (Lipinski definition) is 2. The Hall–Kier alpha value is -3.65. The Morgan fingerprint density at radius 2 is 1.40 bits per heavy atom. The molecule has 2 nitrogen and oxygen atoms in total. The average Bonchev–Trinajstić information content (AvgIpc) is 3.24. The smallest absolute Gasteiger partial charge is 0.136 e. The van der Waals surface area contributed by atoms with Crippen molar-refractivity contribution in [3.8, 4) is 33.7 Å². The zero-order valence-corrected chi connectivity index (χ0v) is 17.2. The Morgan fingerprint density at radius 3 is 2.10 bits per heavy atom. The fraction of sp³-hybridized carbons (Fsp3) is 0.107. The lowest BCUT2D eigenvalue weighted by Gasteiger charge is -2.10. The first-order valence-corrected chi connectivity index (χ1v) is 10.3. The summed E-state index contributed by atoms with van der Waals surface area (Å²) in [5.41, 5.74) is 7.60. The van der Waals surface area contributed by atoms with E-state index in [4.69, 9.17) is 4.42 Å². The summed E-state index contributed by atoms with van der Waals surface area (Å²) >= 11 is 0. The van der Waals surface area contributed by atoms with Crippen molar-refractivity contribution in [1.29, 1.82) is 0 Å². The number of furan rings is 1. The first-order chi connectivity index (χ1) is 14.7. The largest absolute Gasteiger partial charge is 0.456 e. The summed E-state index contributed by atoms with van der Waals surface area (Å²) in [5, 5.41) is 1.11. The van der Waals surface area contributed by atoms with Gasteiger partial charge in [-0.25, -0.2) is 0 Å². The monoisotopic (exact) mass is 389 g/mol. The molecule has 0 bridgehead atoms. The molecule has 0 fully saturated rings. The van der Waals surface area contributed by atoms with Gasteiger partial charge in [0.05, 0.1) is 5.69 Å². The third kappa shape index (κ3) is 3.42. The molecule has 0 spiro atoms. The summed E-state index contributed by atoms with van der Waals surface area (Å²) in [4.78, 5) is 4.66. The topological polar surface area (TPSA) is 26.0 Å². The second-order valence-electron chi connectivity index (χ2n) is 7.91. The van der Waals surface area contributed by atoms with Crippen LogP contribution in [-0.4, -0.2) is 4.98 Å². The lowest BCUT2D eigenvalue weighted by Crippen LogP contribution is -1.91. The van der Waals surface area contributed by atoms with Crippen molar-refractivity contribution >= 4 is 11.0 Å². The molecule has 0 N–H and O–H groups in total. The predicted molar refractivity (Wildman–Crippen MR) is 124 cm³/mol. The molecule has 0 atom stereocenters. The maximum Gasteiger partial charge on any atom is 0.136 e. The molecule has 5 aromatic rings. The number of nitrogens with zero attached hydrogens (tertiary/aromatic N) is 1. The van der Waals surface area contributed by atoms with Crippen LogP contribution in [0.5, 0.6) is 0 Å². The highest BCUT2D eigenvalue weighted by atomic mass is 16.3. The molecular weight excluding hydrogens is 366 g/mol. The van der Waals surface area contributed by atoms with E-state index < -0.39 is 0 Å². The predicted octanol–water partition coefficient (Wildman–Crippen LogP) is 7.95. The minimum atomic E-state index is 0.456. The molecule has 2 heterocycles. The highest BCUT2D eigenvalue weighted by molar-refractivity contribution is 5.99. The van der Waals surface area contributed by atoms with Gasteiger partial charge in [-0.05, 0) is 52.9 Å². The third-order valence-corrected chi connectivity index (χ3v) is 5.53. The van der Waals surface area contributed by atoms with E-state index in [2.05, 4.69) is 85.6 Å². The highest BCUT2D eigenvalue weighted by Crippen LogP contribution is 2.38. The standard InChI is InChI=1S/C28H23NO/c1-19(2)22-13-14-29-26(16-22)23-15-24(20-9-5-3-6-10-20)25-18-27(30-28(25)17-23)21-11-7-4-8-12-21/h3-19H,1-2H3. The minimum Gasteiger partial charge on any atom is -0.456 e. The Kier molecular flexibility index (Phi) is 4.68. The van der Waals surface area contributed by atoms with E-state index in [9.17, 15) is 0 Å².